The Morgan fingerprint density at radius 3 is 2.53 bits per heavy atom. The highest BCUT2D eigenvalue weighted by Crippen LogP contribution is 2.40. The lowest BCUT2D eigenvalue weighted by Gasteiger charge is -2.25. The number of amides is 1. The summed E-state index contributed by atoms with van der Waals surface area (Å²) in [4.78, 5) is 32.6. The van der Waals surface area contributed by atoms with Gasteiger partial charge in [0.05, 0.1) is 16.6 Å². The second-order valence-corrected chi connectivity index (χ2v) is 7.52. The van der Waals surface area contributed by atoms with Gasteiger partial charge in [0.15, 0.2) is 0 Å². The maximum absolute atomic E-state index is 13.3. The highest BCUT2D eigenvalue weighted by atomic mass is 16.5. The van der Waals surface area contributed by atoms with Crippen LogP contribution in [0.2, 0.25) is 0 Å². The summed E-state index contributed by atoms with van der Waals surface area (Å²) < 4.78 is 11.2. The molecule has 2 heterocycles. The number of hydrogen-bond donors (Lipinski definition) is 0. The fraction of sp³-hybridized carbons (Fsp3) is 0.391. The number of rotatable bonds is 7. The molecule has 1 aromatic carbocycles. The fourth-order valence-electron chi connectivity index (χ4n) is 3.62. The van der Waals surface area contributed by atoms with Gasteiger partial charge in [0.2, 0.25) is 6.10 Å². The van der Waals surface area contributed by atoms with Gasteiger partial charge in [0.1, 0.15) is 0 Å². The Hall–Kier alpha value is -3.22. The van der Waals surface area contributed by atoms with Crippen LogP contribution in [0.25, 0.3) is 11.1 Å². The molecule has 156 valence electrons. The molecule has 0 bridgehead atoms. The minimum absolute atomic E-state index is 0.241. The molecule has 4 rings (SSSR count). The summed E-state index contributed by atoms with van der Waals surface area (Å²) in [6.45, 7) is 6.63. The minimum Gasteiger partial charge on any atom is -0.444 e. The van der Waals surface area contributed by atoms with E-state index in [1.807, 2.05) is 32.0 Å². The van der Waals surface area contributed by atoms with Gasteiger partial charge in [-0.1, -0.05) is 35.5 Å². The number of fused-ring (bicyclic) bond motifs is 1. The first kappa shape index (κ1) is 20.1. The van der Waals surface area contributed by atoms with Crippen molar-refractivity contribution in [1.82, 2.24) is 15.0 Å². The molecule has 1 aliphatic carbocycles. The van der Waals surface area contributed by atoms with Crippen LogP contribution < -0.4 is 0 Å². The lowest BCUT2D eigenvalue weighted by atomic mass is 10.1. The van der Waals surface area contributed by atoms with Crippen molar-refractivity contribution in [3.63, 3.8) is 0 Å². The first-order chi connectivity index (χ1) is 14.5. The van der Waals surface area contributed by atoms with Crippen molar-refractivity contribution >= 4 is 23.0 Å². The monoisotopic (exact) mass is 407 g/mol. The number of carbonyl (C=O) groups excluding carboxylic acids is 2. The number of carbonyl (C=O) groups is 2. The van der Waals surface area contributed by atoms with Gasteiger partial charge >= 0.3 is 5.97 Å². The summed E-state index contributed by atoms with van der Waals surface area (Å²) >= 11 is 0. The number of nitrogens with zero attached hydrogens (tertiary/aromatic N) is 3. The van der Waals surface area contributed by atoms with E-state index < -0.39 is 12.1 Å². The summed E-state index contributed by atoms with van der Waals surface area (Å²) in [6, 6.07) is 10.9. The average Bonchev–Trinajstić information content (AvgIpc) is 3.56. The standard InChI is InChI=1S/C23H25N3O4/c1-4-26(5-2)22(27)20(16-9-7-6-8-10-16)29-23(28)17-13-18(15-11-12-15)24-21-19(17)14(3)25-30-21/h6-10,13,15,20H,4-5,11-12H2,1-3H3/t20-/m0/s1. The molecule has 30 heavy (non-hydrogen) atoms. The van der Waals surface area contributed by atoms with Crippen LogP contribution in [0.1, 0.15) is 66.0 Å². The minimum atomic E-state index is -1.02. The van der Waals surface area contributed by atoms with Crippen LogP contribution in [0.3, 0.4) is 0 Å². The summed E-state index contributed by atoms with van der Waals surface area (Å²) in [5.74, 6) is -0.493. The summed E-state index contributed by atoms with van der Waals surface area (Å²) in [7, 11) is 0. The van der Waals surface area contributed by atoms with Crippen molar-refractivity contribution in [3.8, 4) is 0 Å². The first-order valence-electron chi connectivity index (χ1n) is 10.3. The van der Waals surface area contributed by atoms with Crippen molar-refractivity contribution in [2.75, 3.05) is 13.1 Å². The van der Waals surface area contributed by atoms with Crippen molar-refractivity contribution in [1.29, 1.82) is 0 Å². The van der Waals surface area contributed by atoms with Crippen molar-refractivity contribution in [2.45, 2.75) is 45.6 Å². The zero-order valence-electron chi connectivity index (χ0n) is 17.4. The number of pyridine rings is 1. The number of esters is 1. The molecular weight excluding hydrogens is 382 g/mol. The van der Waals surface area contributed by atoms with Crippen LogP contribution in [0.4, 0.5) is 0 Å². The number of hydrogen-bond acceptors (Lipinski definition) is 6. The van der Waals surface area contributed by atoms with Gasteiger partial charge in [-0.2, -0.15) is 0 Å². The van der Waals surface area contributed by atoms with Crippen LogP contribution >= 0.6 is 0 Å². The molecule has 1 fully saturated rings. The van der Waals surface area contributed by atoms with E-state index in [-0.39, 0.29) is 5.91 Å². The van der Waals surface area contributed by atoms with Crippen molar-refractivity contribution in [2.24, 2.45) is 0 Å². The third-order valence-electron chi connectivity index (χ3n) is 5.48. The molecule has 1 amide bonds. The predicted octanol–water partition coefficient (Wildman–Crippen LogP) is 4.18. The van der Waals surface area contributed by atoms with E-state index in [1.54, 1.807) is 30.0 Å². The molecule has 7 nitrogen and oxygen atoms in total. The molecular formula is C23H25N3O4. The molecule has 0 radical (unpaired) electrons. The number of ether oxygens (including phenoxy) is 1. The van der Waals surface area contributed by atoms with Gasteiger partial charge in [-0.3, -0.25) is 4.79 Å². The molecule has 1 aliphatic rings. The van der Waals surface area contributed by atoms with E-state index in [9.17, 15) is 9.59 Å². The Labute approximate surface area is 175 Å². The van der Waals surface area contributed by atoms with Crippen molar-refractivity contribution < 1.29 is 18.8 Å². The second kappa shape index (κ2) is 8.26. The van der Waals surface area contributed by atoms with Crippen molar-refractivity contribution in [3.05, 3.63) is 58.9 Å². The molecule has 1 saturated carbocycles. The molecule has 7 heteroatoms. The topological polar surface area (TPSA) is 85.5 Å². The molecule has 2 aromatic heterocycles. The fourth-order valence-corrected chi connectivity index (χ4v) is 3.62. The van der Waals surface area contributed by atoms with Gasteiger partial charge in [-0.05, 0) is 39.7 Å². The molecule has 1 atom stereocenters. The smallest absolute Gasteiger partial charge is 0.340 e. The van der Waals surface area contributed by atoms with E-state index in [4.69, 9.17) is 9.26 Å². The number of aromatic nitrogens is 2. The summed E-state index contributed by atoms with van der Waals surface area (Å²) in [5, 5.41) is 4.50. The van der Waals surface area contributed by atoms with Gasteiger partial charge in [0, 0.05) is 30.3 Å². The molecule has 0 saturated heterocycles. The Morgan fingerprint density at radius 2 is 1.90 bits per heavy atom. The molecule has 0 spiro atoms. The largest absolute Gasteiger partial charge is 0.444 e. The van der Waals surface area contributed by atoms with Gasteiger partial charge in [-0.25, -0.2) is 9.78 Å². The zero-order chi connectivity index (χ0) is 21.3. The second-order valence-electron chi connectivity index (χ2n) is 7.52. The Bertz CT molecular complexity index is 1070. The summed E-state index contributed by atoms with van der Waals surface area (Å²) in [5.41, 5.74) is 2.68. The molecule has 3 aromatic rings. The number of benzene rings is 1. The first-order valence-corrected chi connectivity index (χ1v) is 10.3. The molecule has 0 aliphatic heterocycles. The lowest BCUT2D eigenvalue weighted by Crippen LogP contribution is -2.36. The van der Waals surface area contributed by atoms with Gasteiger partial charge in [0.25, 0.3) is 11.6 Å². The quantitative estimate of drug-likeness (QED) is 0.546. The predicted molar refractivity (Wildman–Crippen MR) is 111 cm³/mol. The van der Waals surface area contributed by atoms with Gasteiger partial charge in [-0.15, -0.1) is 0 Å². The van der Waals surface area contributed by atoms with Crippen LogP contribution in [0.15, 0.2) is 40.9 Å². The SMILES string of the molecule is CCN(CC)C(=O)[C@@H](OC(=O)c1cc(C2CC2)nc2onc(C)c12)c1ccccc1. The lowest BCUT2D eigenvalue weighted by molar-refractivity contribution is -0.140. The van der Waals surface area contributed by atoms with E-state index >= 15 is 0 Å². The van der Waals surface area contributed by atoms with Crippen LogP contribution in [0.5, 0.6) is 0 Å². The average molecular weight is 407 g/mol. The zero-order valence-corrected chi connectivity index (χ0v) is 17.4. The highest BCUT2D eigenvalue weighted by Gasteiger charge is 2.32. The summed E-state index contributed by atoms with van der Waals surface area (Å²) in [6.07, 6.45) is 1.05. The van der Waals surface area contributed by atoms with E-state index in [1.165, 1.54) is 0 Å². The Balaban J connectivity index is 1.72. The third kappa shape index (κ3) is 3.79. The molecule has 0 N–H and O–H groups in total. The molecule has 0 unspecified atom stereocenters. The third-order valence-corrected chi connectivity index (χ3v) is 5.48. The maximum atomic E-state index is 13.3. The normalized spacial score (nSPS) is 14.5. The van der Waals surface area contributed by atoms with E-state index in [0.29, 0.717) is 46.9 Å². The van der Waals surface area contributed by atoms with Gasteiger partial charge < -0.3 is 14.2 Å². The maximum Gasteiger partial charge on any atom is 0.340 e. The van der Waals surface area contributed by atoms with Crippen LogP contribution in [-0.2, 0) is 9.53 Å². The van der Waals surface area contributed by atoms with E-state index in [2.05, 4.69) is 10.1 Å². The van der Waals surface area contributed by atoms with E-state index in [0.717, 1.165) is 18.5 Å². The van der Waals surface area contributed by atoms with Crippen LogP contribution in [-0.4, -0.2) is 40.0 Å². The Kier molecular flexibility index (Phi) is 5.53. The highest BCUT2D eigenvalue weighted by molar-refractivity contribution is 6.04. The Morgan fingerprint density at radius 1 is 1.20 bits per heavy atom. The number of aryl methyl sites for hydroxylation is 1. The number of likely N-dealkylation sites (N-methyl/N-ethyl adjacent to an activating group) is 1. The van der Waals surface area contributed by atoms with Crippen LogP contribution in [0, 0.1) is 6.92 Å².